The van der Waals surface area contributed by atoms with E-state index in [9.17, 15) is 13.2 Å². The van der Waals surface area contributed by atoms with Crippen LogP contribution >= 0.6 is 0 Å². The van der Waals surface area contributed by atoms with E-state index >= 15 is 0 Å². The van der Waals surface area contributed by atoms with Crippen LogP contribution in [0.25, 0.3) is 27.6 Å². The fraction of sp³-hybridized carbons (Fsp3) is 0.311. The number of nitrogens with one attached hydrogen (secondary N) is 1. The second-order valence-corrected chi connectivity index (χ2v) is 15.4. The monoisotopic (exact) mass is 674 g/mol. The van der Waals surface area contributed by atoms with Gasteiger partial charge < -0.3 is 4.98 Å². The Morgan fingerprint density at radius 1 is 0.740 bits per heavy atom. The first-order chi connectivity index (χ1) is 23.4. The smallest absolute Gasteiger partial charge is 0.354 e. The minimum atomic E-state index is -4.35. The van der Waals surface area contributed by atoms with Gasteiger partial charge in [-0.05, 0) is 82.2 Å². The molecular formula is C45H49F3N2. The fourth-order valence-corrected chi connectivity index (χ4v) is 6.27. The summed E-state index contributed by atoms with van der Waals surface area (Å²) in [4.78, 5) is 8.83. The second-order valence-electron chi connectivity index (χ2n) is 15.4. The lowest BCUT2D eigenvalue weighted by Gasteiger charge is -2.20. The summed E-state index contributed by atoms with van der Waals surface area (Å²) in [6.45, 7) is 21.2. The van der Waals surface area contributed by atoms with Crippen molar-refractivity contribution in [2.75, 3.05) is 0 Å². The molecule has 1 heterocycles. The van der Waals surface area contributed by atoms with Crippen LogP contribution in [-0.4, -0.2) is 16.9 Å². The summed E-state index contributed by atoms with van der Waals surface area (Å²) in [7, 11) is 0. The molecule has 0 unspecified atom stereocenters. The molecule has 5 aromatic rings. The predicted octanol–water partition coefficient (Wildman–Crippen LogP) is 13.0. The molecule has 0 aliphatic rings. The molecule has 0 aliphatic carbocycles. The van der Waals surface area contributed by atoms with Crippen LogP contribution in [-0.2, 0) is 17.3 Å². The maximum absolute atomic E-state index is 14.1. The number of hydrogen-bond donors (Lipinski definition) is 1. The van der Waals surface area contributed by atoms with Crippen LogP contribution in [0.4, 0.5) is 13.2 Å². The van der Waals surface area contributed by atoms with E-state index in [4.69, 9.17) is 4.99 Å². The summed E-state index contributed by atoms with van der Waals surface area (Å²) < 4.78 is 42.3. The molecule has 0 atom stereocenters. The Hall–Kier alpha value is -4.64. The third-order valence-corrected chi connectivity index (χ3v) is 9.51. The third-order valence-electron chi connectivity index (χ3n) is 9.51. The summed E-state index contributed by atoms with van der Waals surface area (Å²) in [6, 6.07) is 30.8. The summed E-state index contributed by atoms with van der Waals surface area (Å²) in [5.74, 6) is 0. The molecular weight excluding hydrogens is 626 g/mol. The summed E-state index contributed by atoms with van der Waals surface area (Å²) in [5, 5.41) is 1.82. The maximum atomic E-state index is 14.1. The minimum absolute atomic E-state index is 0.0264. The average Bonchev–Trinajstić information content (AvgIpc) is 3.43. The van der Waals surface area contributed by atoms with Crippen molar-refractivity contribution in [1.82, 2.24) is 4.98 Å². The largest absolute Gasteiger partial charge is 0.389 e. The lowest BCUT2D eigenvalue weighted by Crippen LogP contribution is -2.11. The Balaban J connectivity index is 1.78. The van der Waals surface area contributed by atoms with Gasteiger partial charge in [0.25, 0.3) is 0 Å². The van der Waals surface area contributed by atoms with Crippen molar-refractivity contribution in [1.29, 1.82) is 0 Å². The van der Waals surface area contributed by atoms with E-state index < -0.39 is 12.6 Å². The van der Waals surface area contributed by atoms with Crippen LogP contribution in [0.3, 0.4) is 0 Å². The molecule has 50 heavy (non-hydrogen) atoms. The van der Waals surface area contributed by atoms with Gasteiger partial charge in [-0.3, -0.25) is 4.99 Å². The number of benzene rings is 4. The average molecular weight is 675 g/mol. The normalized spacial score (nSPS) is 13.5. The Bertz CT molecular complexity index is 2040. The molecule has 0 aliphatic heterocycles. The summed E-state index contributed by atoms with van der Waals surface area (Å²) >= 11 is 0. The number of allylic oxidation sites excluding steroid dienone is 3. The molecule has 4 aromatic carbocycles. The number of rotatable bonds is 9. The van der Waals surface area contributed by atoms with E-state index in [-0.39, 0.29) is 17.3 Å². The van der Waals surface area contributed by atoms with E-state index in [0.29, 0.717) is 29.1 Å². The number of hydrogen-bond acceptors (Lipinski definition) is 1. The fourth-order valence-electron chi connectivity index (χ4n) is 6.27. The number of aryl methyl sites for hydroxylation is 2. The van der Waals surface area contributed by atoms with Gasteiger partial charge in [0.1, 0.15) is 0 Å². The van der Waals surface area contributed by atoms with Gasteiger partial charge in [-0.15, -0.1) is 0 Å². The van der Waals surface area contributed by atoms with Crippen molar-refractivity contribution < 1.29 is 13.2 Å². The van der Waals surface area contributed by atoms with Crippen molar-refractivity contribution in [3.8, 4) is 11.3 Å². The van der Waals surface area contributed by atoms with Gasteiger partial charge >= 0.3 is 6.18 Å². The zero-order valence-electron chi connectivity index (χ0n) is 30.6. The van der Waals surface area contributed by atoms with Crippen molar-refractivity contribution in [3.05, 3.63) is 148 Å². The Labute approximate surface area is 295 Å². The molecule has 0 fully saturated rings. The zero-order valence-corrected chi connectivity index (χ0v) is 30.6. The lowest BCUT2D eigenvalue weighted by atomic mass is 9.86. The number of aliphatic imine (C=N–C) groups is 1. The number of nitrogens with zero attached hydrogens (tertiary/aromatic N) is 1. The van der Waals surface area contributed by atoms with Crippen LogP contribution < -0.4 is 0 Å². The second kappa shape index (κ2) is 14.3. The van der Waals surface area contributed by atoms with E-state index in [1.807, 2.05) is 36.4 Å². The van der Waals surface area contributed by atoms with Crippen molar-refractivity contribution in [2.24, 2.45) is 4.99 Å². The number of H-pyrrole nitrogens is 1. The first-order valence-corrected chi connectivity index (χ1v) is 17.3. The van der Waals surface area contributed by atoms with Crippen LogP contribution in [0.2, 0.25) is 0 Å². The first kappa shape index (κ1) is 36.6. The Morgan fingerprint density at radius 3 is 1.86 bits per heavy atom. The van der Waals surface area contributed by atoms with Crippen LogP contribution in [0, 0.1) is 13.8 Å². The van der Waals surface area contributed by atoms with Crippen molar-refractivity contribution in [3.63, 3.8) is 0 Å². The number of aromatic nitrogens is 1. The quantitative estimate of drug-likeness (QED) is 0.151. The van der Waals surface area contributed by atoms with Gasteiger partial charge in [-0.25, -0.2) is 0 Å². The molecule has 0 saturated carbocycles. The molecule has 5 rings (SSSR count). The molecule has 5 heteroatoms. The van der Waals surface area contributed by atoms with Crippen molar-refractivity contribution in [2.45, 2.75) is 91.7 Å². The highest BCUT2D eigenvalue weighted by Gasteiger charge is 2.29. The molecule has 1 aromatic heterocycles. The molecule has 260 valence electrons. The van der Waals surface area contributed by atoms with Gasteiger partial charge in [0.05, 0.1) is 22.8 Å². The highest BCUT2D eigenvalue weighted by molar-refractivity contribution is 6.09. The number of aromatic amines is 1. The topological polar surface area (TPSA) is 28.1 Å². The van der Waals surface area contributed by atoms with E-state index in [1.165, 1.54) is 16.7 Å². The number of alkyl halides is 3. The molecule has 0 spiro atoms. The molecule has 0 bridgehead atoms. The molecule has 2 nitrogen and oxygen atoms in total. The van der Waals surface area contributed by atoms with Crippen LogP contribution in [0.1, 0.15) is 93.5 Å². The van der Waals surface area contributed by atoms with Gasteiger partial charge in [-0.2, -0.15) is 13.2 Å². The van der Waals surface area contributed by atoms with Crippen LogP contribution in [0.15, 0.2) is 114 Å². The van der Waals surface area contributed by atoms with Gasteiger partial charge in [0.2, 0.25) is 0 Å². The summed E-state index contributed by atoms with van der Waals surface area (Å²) in [6.07, 6.45) is -3.50. The third kappa shape index (κ3) is 8.56. The van der Waals surface area contributed by atoms with E-state index in [1.54, 1.807) is 6.08 Å². The minimum Gasteiger partial charge on any atom is -0.354 e. The Morgan fingerprint density at radius 2 is 1.32 bits per heavy atom. The Kier molecular flexibility index (Phi) is 10.5. The van der Waals surface area contributed by atoms with Gasteiger partial charge in [-0.1, -0.05) is 133 Å². The molecule has 1 N–H and O–H groups in total. The van der Waals surface area contributed by atoms with Gasteiger partial charge in [0.15, 0.2) is 0 Å². The van der Waals surface area contributed by atoms with E-state index in [0.717, 1.165) is 38.7 Å². The molecule has 0 radical (unpaired) electrons. The highest BCUT2D eigenvalue weighted by Crippen LogP contribution is 2.40. The predicted molar refractivity (Wildman–Crippen MR) is 206 cm³/mol. The molecule has 0 amide bonds. The van der Waals surface area contributed by atoms with Crippen molar-refractivity contribution >= 4 is 22.1 Å². The standard InChI is InChI=1S/C45H49F3N2/c1-10-39(32-19-23-35(24-20-32)44(7,8)9)49-40(28-31-16-21-34(22-17-31)43(4,5)6)38(25-26-45(46,47)48)42-37-14-12-11-13-36(37)41(50-42)33-18-15-29(2)30(3)27-33/h10-24,27,50H,1,25-26,28H2,2-9H3/b40-38-,49-39?. The number of fused-ring (bicyclic) bond motifs is 1. The van der Waals surface area contributed by atoms with E-state index in [2.05, 4.69) is 122 Å². The SMILES string of the molecule is C=CC(=N/C(Cc1ccc(C(C)(C)C)cc1)=C(/CCC(F)(F)F)c1[nH]c(-c2ccc(C)c(C)c2)c2ccccc12)c1ccc(C(C)(C)C)cc1. The first-order valence-electron chi connectivity index (χ1n) is 17.3. The van der Waals surface area contributed by atoms with Gasteiger partial charge in [0, 0.05) is 29.2 Å². The maximum Gasteiger partial charge on any atom is 0.389 e. The molecule has 0 saturated heterocycles. The lowest BCUT2D eigenvalue weighted by molar-refractivity contribution is -0.133. The zero-order chi connectivity index (χ0) is 36.4. The number of halogens is 3. The summed E-state index contributed by atoms with van der Waals surface area (Å²) in [5.41, 5.74) is 10.7. The highest BCUT2D eigenvalue weighted by atomic mass is 19.4. The van der Waals surface area contributed by atoms with Crippen LogP contribution in [0.5, 0.6) is 0 Å².